The molecule has 62 valence electrons. The number of benzene rings is 1. The van der Waals surface area contributed by atoms with Crippen LogP contribution in [0.3, 0.4) is 0 Å². The highest BCUT2D eigenvalue weighted by molar-refractivity contribution is 7.39. The lowest BCUT2D eigenvalue weighted by Crippen LogP contribution is -1.96. The first-order valence-electron chi connectivity index (χ1n) is 3.87. The molecule has 1 aliphatic rings. The summed E-state index contributed by atoms with van der Waals surface area (Å²) in [5.74, 6) is 0. The topological polar surface area (TPSA) is 21.6 Å². The minimum absolute atomic E-state index is 0.193. The molecule has 1 heterocycles. The van der Waals surface area contributed by atoms with Gasteiger partial charge in [-0.15, -0.1) is 0 Å². The van der Waals surface area contributed by atoms with Crippen LogP contribution in [0.4, 0.5) is 0 Å². The van der Waals surface area contributed by atoms with Crippen LogP contribution in [0.15, 0.2) is 35.3 Å². The third-order valence-corrected chi connectivity index (χ3v) is 2.17. The summed E-state index contributed by atoms with van der Waals surface area (Å²) in [6, 6.07) is 10.4. The SMILES string of the molecule is PC1=NC(c2ccccc2)CO1. The molecule has 0 aromatic heterocycles. The highest BCUT2D eigenvalue weighted by atomic mass is 31.0. The minimum Gasteiger partial charge on any atom is -0.476 e. The summed E-state index contributed by atoms with van der Waals surface area (Å²) >= 11 is 0. The fourth-order valence-corrected chi connectivity index (χ4v) is 1.51. The summed E-state index contributed by atoms with van der Waals surface area (Å²) < 4.78 is 5.23. The Morgan fingerprint density at radius 3 is 2.67 bits per heavy atom. The molecule has 0 saturated carbocycles. The Hall–Kier alpha value is -0.880. The van der Waals surface area contributed by atoms with Gasteiger partial charge in [0.25, 0.3) is 0 Å². The van der Waals surface area contributed by atoms with Gasteiger partial charge in [0.1, 0.15) is 12.6 Å². The van der Waals surface area contributed by atoms with Gasteiger partial charge in [0.2, 0.25) is 0 Å². The van der Waals surface area contributed by atoms with E-state index >= 15 is 0 Å². The molecule has 12 heavy (non-hydrogen) atoms. The van der Waals surface area contributed by atoms with Gasteiger partial charge in [-0.25, -0.2) is 4.99 Å². The third kappa shape index (κ3) is 1.49. The smallest absolute Gasteiger partial charge is 0.200 e. The second kappa shape index (κ2) is 3.24. The average Bonchev–Trinajstić information content (AvgIpc) is 2.54. The van der Waals surface area contributed by atoms with Crippen molar-refractivity contribution in [3.8, 4) is 0 Å². The van der Waals surface area contributed by atoms with Crippen LogP contribution in [0, 0.1) is 0 Å². The van der Waals surface area contributed by atoms with Crippen LogP contribution in [0.5, 0.6) is 0 Å². The van der Waals surface area contributed by atoms with E-state index in [2.05, 4.69) is 26.4 Å². The van der Waals surface area contributed by atoms with Crippen molar-refractivity contribution in [3.05, 3.63) is 35.9 Å². The molecule has 1 aliphatic heterocycles. The van der Waals surface area contributed by atoms with E-state index in [9.17, 15) is 0 Å². The number of rotatable bonds is 1. The van der Waals surface area contributed by atoms with Crippen molar-refractivity contribution in [3.63, 3.8) is 0 Å². The molecule has 1 aromatic carbocycles. The molecule has 0 radical (unpaired) electrons. The molecule has 2 nitrogen and oxygen atoms in total. The fourth-order valence-electron chi connectivity index (χ4n) is 1.24. The lowest BCUT2D eigenvalue weighted by Gasteiger charge is -2.03. The average molecular weight is 179 g/mol. The van der Waals surface area contributed by atoms with Crippen LogP contribution in [-0.4, -0.2) is 12.2 Å². The number of hydrogen-bond donors (Lipinski definition) is 0. The second-order valence-corrected chi connectivity index (χ2v) is 3.20. The van der Waals surface area contributed by atoms with Crippen molar-refractivity contribution in [1.82, 2.24) is 0 Å². The zero-order valence-corrected chi connectivity index (χ0v) is 7.76. The monoisotopic (exact) mass is 179 g/mol. The molecule has 2 atom stereocenters. The van der Waals surface area contributed by atoms with Crippen LogP contribution in [0.1, 0.15) is 11.6 Å². The standard InChI is InChI=1S/C9H10NOP/c12-9-10-8(6-11-9)7-4-2-1-3-5-7/h1-5,8H,6,12H2. The maximum Gasteiger partial charge on any atom is 0.200 e. The highest BCUT2D eigenvalue weighted by Gasteiger charge is 2.16. The van der Waals surface area contributed by atoms with Crippen LogP contribution >= 0.6 is 9.24 Å². The lowest BCUT2D eigenvalue weighted by atomic mass is 10.1. The van der Waals surface area contributed by atoms with Crippen molar-refractivity contribution in [2.75, 3.05) is 6.61 Å². The summed E-state index contributed by atoms with van der Waals surface area (Å²) in [7, 11) is 2.47. The zero-order valence-electron chi connectivity index (χ0n) is 6.60. The van der Waals surface area contributed by atoms with E-state index in [1.807, 2.05) is 18.2 Å². The molecule has 3 heteroatoms. The van der Waals surface area contributed by atoms with Crippen LogP contribution in [0.25, 0.3) is 0 Å². The quantitative estimate of drug-likeness (QED) is 0.604. The summed E-state index contributed by atoms with van der Waals surface area (Å²) in [4.78, 5) is 4.32. The molecule has 0 saturated heterocycles. The number of aliphatic imine (C=N–C) groups is 1. The molecule has 0 fully saturated rings. The van der Waals surface area contributed by atoms with Gasteiger partial charge in [0.15, 0.2) is 5.64 Å². The molecular formula is C9H10NOP. The Balaban J connectivity index is 2.22. The third-order valence-electron chi connectivity index (χ3n) is 1.86. The molecule has 0 aliphatic carbocycles. The second-order valence-electron chi connectivity index (χ2n) is 2.70. The Labute approximate surface area is 73.9 Å². The molecule has 2 unspecified atom stereocenters. The lowest BCUT2D eigenvalue weighted by molar-refractivity contribution is 0.326. The van der Waals surface area contributed by atoms with E-state index < -0.39 is 0 Å². The summed E-state index contributed by atoms with van der Waals surface area (Å²) in [5.41, 5.74) is 1.93. The zero-order chi connectivity index (χ0) is 8.39. The van der Waals surface area contributed by atoms with Crippen molar-refractivity contribution in [2.45, 2.75) is 6.04 Å². The maximum atomic E-state index is 5.23. The fraction of sp³-hybridized carbons (Fsp3) is 0.222. The van der Waals surface area contributed by atoms with E-state index in [4.69, 9.17) is 4.74 Å². The van der Waals surface area contributed by atoms with Gasteiger partial charge < -0.3 is 4.74 Å². The molecule has 0 bridgehead atoms. The first-order chi connectivity index (χ1) is 5.86. The molecule has 0 N–H and O–H groups in total. The molecule has 0 amide bonds. The Morgan fingerprint density at radius 1 is 1.33 bits per heavy atom. The van der Waals surface area contributed by atoms with Crippen molar-refractivity contribution >= 4 is 14.9 Å². The first-order valence-corrected chi connectivity index (χ1v) is 4.45. The van der Waals surface area contributed by atoms with Crippen LogP contribution in [-0.2, 0) is 4.74 Å². The van der Waals surface area contributed by atoms with E-state index in [0.29, 0.717) is 12.2 Å². The number of ether oxygens (including phenoxy) is 1. The molecule has 1 aromatic rings. The van der Waals surface area contributed by atoms with Gasteiger partial charge in [-0.2, -0.15) is 0 Å². The van der Waals surface area contributed by atoms with Gasteiger partial charge in [-0.3, -0.25) is 0 Å². The maximum absolute atomic E-state index is 5.23. The summed E-state index contributed by atoms with van der Waals surface area (Å²) in [6.45, 7) is 0.669. The van der Waals surface area contributed by atoms with Gasteiger partial charge >= 0.3 is 0 Å². The number of hydrogen-bond acceptors (Lipinski definition) is 2. The Kier molecular flexibility index (Phi) is 2.09. The Bertz CT molecular complexity index is 297. The van der Waals surface area contributed by atoms with E-state index in [-0.39, 0.29) is 6.04 Å². The van der Waals surface area contributed by atoms with Gasteiger partial charge in [0, 0.05) is 0 Å². The number of nitrogens with zero attached hydrogens (tertiary/aromatic N) is 1. The summed E-state index contributed by atoms with van der Waals surface area (Å²) in [6.07, 6.45) is 0. The molecule has 0 spiro atoms. The predicted octanol–water partition coefficient (Wildman–Crippen LogP) is 1.99. The first kappa shape index (κ1) is 7.75. The predicted molar refractivity (Wildman–Crippen MR) is 52.3 cm³/mol. The highest BCUT2D eigenvalue weighted by Crippen LogP contribution is 2.23. The van der Waals surface area contributed by atoms with E-state index in [1.54, 1.807) is 0 Å². The largest absolute Gasteiger partial charge is 0.476 e. The minimum atomic E-state index is 0.193. The van der Waals surface area contributed by atoms with Gasteiger partial charge in [0.05, 0.1) is 0 Å². The summed E-state index contributed by atoms with van der Waals surface area (Å²) in [5, 5.41) is 0. The van der Waals surface area contributed by atoms with Crippen molar-refractivity contribution in [2.24, 2.45) is 4.99 Å². The van der Waals surface area contributed by atoms with Gasteiger partial charge in [-0.05, 0) is 14.8 Å². The van der Waals surface area contributed by atoms with Gasteiger partial charge in [-0.1, -0.05) is 30.3 Å². The normalized spacial score (nSPS) is 21.8. The van der Waals surface area contributed by atoms with E-state index in [0.717, 1.165) is 0 Å². The Morgan fingerprint density at radius 2 is 2.08 bits per heavy atom. The van der Waals surface area contributed by atoms with Crippen molar-refractivity contribution < 1.29 is 4.74 Å². The van der Waals surface area contributed by atoms with Crippen molar-refractivity contribution in [1.29, 1.82) is 0 Å². The molecular weight excluding hydrogens is 169 g/mol. The van der Waals surface area contributed by atoms with Crippen LogP contribution < -0.4 is 0 Å². The van der Waals surface area contributed by atoms with E-state index in [1.165, 1.54) is 5.56 Å². The van der Waals surface area contributed by atoms with Crippen LogP contribution in [0.2, 0.25) is 0 Å². The molecule has 2 rings (SSSR count).